The van der Waals surface area contributed by atoms with Gasteiger partial charge in [-0.15, -0.1) is 0 Å². The molecule has 80 valence electrons. The molecule has 0 aromatic carbocycles. The number of aromatic nitrogens is 2. The van der Waals surface area contributed by atoms with Crippen LogP contribution < -0.4 is 5.73 Å². The van der Waals surface area contributed by atoms with Crippen LogP contribution in [-0.2, 0) is 12.8 Å². The Balaban J connectivity index is 2.11. The molecule has 15 heavy (non-hydrogen) atoms. The van der Waals surface area contributed by atoms with E-state index in [1.807, 2.05) is 26.1 Å². The molecule has 5 heteroatoms. The van der Waals surface area contributed by atoms with Crippen LogP contribution >= 0.6 is 11.8 Å². The average molecular weight is 223 g/mol. The zero-order valence-corrected chi connectivity index (χ0v) is 9.54. The van der Waals surface area contributed by atoms with Crippen molar-refractivity contribution >= 4 is 17.4 Å². The minimum Gasteiger partial charge on any atom is -0.468 e. The van der Waals surface area contributed by atoms with Gasteiger partial charge in [0, 0.05) is 7.05 Å². The topological polar surface area (TPSA) is 57.0 Å². The van der Waals surface area contributed by atoms with E-state index in [0.29, 0.717) is 0 Å². The predicted molar refractivity (Wildman–Crippen MR) is 60.6 cm³/mol. The number of nitrogens with two attached hydrogens (primary N) is 1. The third-order valence-corrected chi connectivity index (χ3v) is 3.33. The molecule has 0 unspecified atom stereocenters. The first-order valence-electron chi connectivity index (χ1n) is 4.62. The number of thioether (sulfide) groups is 1. The third kappa shape index (κ3) is 2.02. The summed E-state index contributed by atoms with van der Waals surface area (Å²) in [6.45, 7) is 1.91. The lowest BCUT2D eigenvalue weighted by Gasteiger charge is -2.01. The van der Waals surface area contributed by atoms with Crippen LogP contribution in [0.5, 0.6) is 0 Å². The van der Waals surface area contributed by atoms with Crippen molar-refractivity contribution in [3.8, 4) is 0 Å². The number of furan rings is 1. The van der Waals surface area contributed by atoms with Gasteiger partial charge < -0.3 is 10.2 Å². The van der Waals surface area contributed by atoms with Crippen molar-refractivity contribution in [1.29, 1.82) is 0 Å². The fourth-order valence-electron chi connectivity index (χ4n) is 1.36. The maximum atomic E-state index is 5.91. The van der Waals surface area contributed by atoms with Crippen molar-refractivity contribution in [3.05, 3.63) is 29.9 Å². The van der Waals surface area contributed by atoms with E-state index in [9.17, 15) is 0 Å². The van der Waals surface area contributed by atoms with Crippen LogP contribution in [0.2, 0.25) is 0 Å². The Hall–Kier alpha value is -1.36. The molecule has 0 spiro atoms. The molecule has 2 rings (SSSR count). The summed E-state index contributed by atoms with van der Waals surface area (Å²) >= 11 is 1.63. The quantitative estimate of drug-likeness (QED) is 0.810. The van der Waals surface area contributed by atoms with Crippen molar-refractivity contribution in [1.82, 2.24) is 9.78 Å². The summed E-state index contributed by atoms with van der Waals surface area (Å²) in [4.78, 5) is 0. The molecule has 0 atom stereocenters. The number of aryl methyl sites for hydroxylation is 2. The largest absolute Gasteiger partial charge is 0.468 e. The van der Waals surface area contributed by atoms with Crippen molar-refractivity contribution in [2.75, 3.05) is 5.73 Å². The standard InChI is InChI=1S/C10H13N3OS/c1-7-9(11)10(13(2)12-7)15-6-8-4-3-5-14-8/h3-5H,6,11H2,1-2H3. The van der Waals surface area contributed by atoms with Crippen molar-refractivity contribution in [2.24, 2.45) is 7.05 Å². The Bertz CT molecular complexity index is 447. The number of anilines is 1. The van der Waals surface area contributed by atoms with Crippen LogP contribution in [-0.4, -0.2) is 9.78 Å². The lowest BCUT2D eigenvalue weighted by molar-refractivity contribution is 0.530. The van der Waals surface area contributed by atoms with E-state index in [1.54, 1.807) is 22.7 Å². The molecule has 0 saturated heterocycles. The van der Waals surface area contributed by atoms with E-state index in [-0.39, 0.29) is 0 Å². The smallest absolute Gasteiger partial charge is 0.117 e. The van der Waals surface area contributed by atoms with Crippen LogP contribution in [0.1, 0.15) is 11.5 Å². The highest BCUT2D eigenvalue weighted by Crippen LogP contribution is 2.29. The summed E-state index contributed by atoms with van der Waals surface area (Å²) in [6, 6.07) is 3.83. The molecule has 2 aromatic heterocycles. The van der Waals surface area contributed by atoms with Gasteiger partial charge in [-0.3, -0.25) is 4.68 Å². The zero-order chi connectivity index (χ0) is 10.8. The van der Waals surface area contributed by atoms with Gasteiger partial charge in [0.1, 0.15) is 10.8 Å². The maximum Gasteiger partial charge on any atom is 0.117 e. The monoisotopic (exact) mass is 223 g/mol. The van der Waals surface area contributed by atoms with Crippen LogP contribution in [0, 0.1) is 6.92 Å². The Morgan fingerprint density at radius 2 is 2.40 bits per heavy atom. The normalized spacial score (nSPS) is 10.8. The van der Waals surface area contributed by atoms with Crippen molar-refractivity contribution in [2.45, 2.75) is 17.7 Å². The number of rotatable bonds is 3. The van der Waals surface area contributed by atoms with Gasteiger partial charge in [-0.25, -0.2) is 0 Å². The van der Waals surface area contributed by atoms with Crippen LogP contribution in [0.4, 0.5) is 5.69 Å². The Kier molecular flexibility index (Phi) is 2.73. The number of nitrogen functional groups attached to an aromatic ring is 1. The summed E-state index contributed by atoms with van der Waals surface area (Å²) in [7, 11) is 1.90. The fourth-order valence-corrected chi connectivity index (χ4v) is 2.33. The molecule has 4 nitrogen and oxygen atoms in total. The zero-order valence-electron chi connectivity index (χ0n) is 8.73. The lowest BCUT2D eigenvalue weighted by atomic mass is 10.4. The molecule has 0 aliphatic rings. The van der Waals surface area contributed by atoms with Crippen LogP contribution in [0.15, 0.2) is 27.8 Å². The maximum absolute atomic E-state index is 5.91. The molecule has 0 fully saturated rings. The van der Waals surface area contributed by atoms with E-state index in [0.717, 1.165) is 27.9 Å². The summed E-state index contributed by atoms with van der Waals surface area (Å²) in [5.74, 6) is 1.72. The van der Waals surface area contributed by atoms with Crippen molar-refractivity contribution < 1.29 is 4.42 Å². The first-order chi connectivity index (χ1) is 7.18. The summed E-state index contributed by atoms with van der Waals surface area (Å²) < 4.78 is 7.05. The van der Waals surface area contributed by atoms with Crippen molar-refractivity contribution in [3.63, 3.8) is 0 Å². The van der Waals surface area contributed by atoms with E-state index in [4.69, 9.17) is 10.2 Å². The second kappa shape index (κ2) is 4.02. The van der Waals surface area contributed by atoms with Gasteiger partial charge in [0.2, 0.25) is 0 Å². The van der Waals surface area contributed by atoms with Crippen LogP contribution in [0.25, 0.3) is 0 Å². The summed E-state index contributed by atoms with van der Waals surface area (Å²) in [6.07, 6.45) is 1.67. The SMILES string of the molecule is Cc1nn(C)c(SCc2ccco2)c1N. The van der Waals surface area contributed by atoms with Gasteiger partial charge in [-0.2, -0.15) is 5.10 Å². The molecular weight excluding hydrogens is 210 g/mol. The number of hydrogen-bond donors (Lipinski definition) is 1. The van der Waals surface area contributed by atoms with Gasteiger partial charge in [0.15, 0.2) is 0 Å². The molecule has 0 aliphatic carbocycles. The second-order valence-corrected chi connectivity index (χ2v) is 4.26. The average Bonchev–Trinajstić information content (AvgIpc) is 2.76. The molecule has 0 saturated carbocycles. The Morgan fingerprint density at radius 3 is 2.93 bits per heavy atom. The molecule has 2 N–H and O–H groups in total. The van der Waals surface area contributed by atoms with E-state index in [1.165, 1.54) is 0 Å². The molecule has 0 aliphatic heterocycles. The van der Waals surface area contributed by atoms with E-state index >= 15 is 0 Å². The number of nitrogens with zero attached hydrogens (tertiary/aromatic N) is 2. The van der Waals surface area contributed by atoms with E-state index in [2.05, 4.69) is 5.10 Å². The van der Waals surface area contributed by atoms with Gasteiger partial charge in [0.05, 0.1) is 23.4 Å². The summed E-state index contributed by atoms with van der Waals surface area (Å²) in [5.41, 5.74) is 7.54. The highest BCUT2D eigenvalue weighted by Gasteiger charge is 2.10. The van der Waals surface area contributed by atoms with Gasteiger partial charge >= 0.3 is 0 Å². The van der Waals surface area contributed by atoms with E-state index < -0.39 is 0 Å². The molecular formula is C10H13N3OS. The predicted octanol–water partition coefficient (Wildman–Crippen LogP) is 2.20. The highest BCUT2D eigenvalue weighted by molar-refractivity contribution is 7.98. The lowest BCUT2D eigenvalue weighted by Crippen LogP contribution is -1.94. The molecule has 2 aromatic rings. The third-order valence-electron chi connectivity index (χ3n) is 2.15. The van der Waals surface area contributed by atoms with Crippen LogP contribution in [0.3, 0.4) is 0 Å². The minimum absolute atomic E-state index is 0.758. The molecule has 2 heterocycles. The molecule has 0 radical (unpaired) electrons. The Morgan fingerprint density at radius 1 is 1.60 bits per heavy atom. The number of hydrogen-bond acceptors (Lipinski definition) is 4. The minimum atomic E-state index is 0.758. The fraction of sp³-hybridized carbons (Fsp3) is 0.300. The first kappa shape index (κ1) is 10.2. The summed E-state index contributed by atoms with van der Waals surface area (Å²) in [5, 5.41) is 5.24. The van der Waals surface area contributed by atoms with Gasteiger partial charge in [-0.05, 0) is 19.1 Å². The Labute approximate surface area is 92.4 Å². The first-order valence-corrected chi connectivity index (χ1v) is 5.61. The molecule has 0 amide bonds. The second-order valence-electron chi connectivity index (χ2n) is 3.30. The van der Waals surface area contributed by atoms with Gasteiger partial charge in [-0.1, -0.05) is 11.8 Å². The van der Waals surface area contributed by atoms with Gasteiger partial charge in [0.25, 0.3) is 0 Å². The highest BCUT2D eigenvalue weighted by atomic mass is 32.2. The molecule has 0 bridgehead atoms.